The molecule has 1 fully saturated rings. The van der Waals surface area contributed by atoms with E-state index in [2.05, 4.69) is 0 Å². The Balaban J connectivity index is 2.45. The van der Waals surface area contributed by atoms with Gasteiger partial charge >= 0.3 is 0 Å². The maximum absolute atomic E-state index is 13.4. The van der Waals surface area contributed by atoms with Crippen molar-refractivity contribution < 1.29 is 9.50 Å². The van der Waals surface area contributed by atoms with Crippen molar-refractivity contribution in [3.8, 4) is 0 Å². The van der Waals surface area contributed by atoms with Crippen molar-refractivity contribution in [2.75, 3.05) is 11.5 Å². The highest BCUT2D eigenvalue weighted by molar-refractivity contribution is 7.99. The van der Waals surface area contributed by atoms with Crippen LogP contribution in [0.2, 0.25) is 0 Å². The highest BCUT2D eigenvalue weighted by Gasteiger charge is 2.34. The van der Waals surface area contributed by atoms with Crippen molar-refractivity contribution in [3.05, 3.63) is 34.6 Å². The summed E-state index contributed by atoms with van der Waals surface area (Å²) < 4.78 is 13.4. The van der Waals surface area contributed by atoms with Gasteiger partial charge in [-0.3, -0.25) is 0 Å². The Morgan fingerprint density at radius 3 is 2.40 bits per heavy atom. The van der Waals surface area contributed by atoms with E-state index in [9.17, 15) is 9.50 Å². The third-order valence-electron chi connectivity index (χ3n) is 2.97. The maximum atomic E-state index is 13.4. The van der Waals surface area contributed by atoms with Gasteiger partial charge in [0.1, 0.15) is 5.82 Å². The monoisotopic (exact) mass is 226 g/mol. The molecule has 1 atom stereocenters. The Morgan fingerprint density at radius 2 is 1.93 bits per heavy atom. The molecule has 0 aliphatic carbocycles. The number of benzene rings is 1. The lowest BCUT2D eigenvalue weighted by atomic mass is 9.90. The molecule has 1 unspecified atom stereocenters. The summed E-state index contributed by atoms with van der Waals surface area (Å²) in [6.07, 6.45) is 0.766. The van der Waals surface area contributed by atoms with E-state index in [1.807, 2.05) is 0 Å². The van der Waals surface area contributed by atoms with Crippen LogP contribution in [0, 0.1) is 19.7 Å². The summed E-state index contributed by atoms with van der Waals surface area (Å²) in [5.74, 6) is 1.54. The van der Waals surface area contributed by atoms with Gasteiger partial charge in [-0.2, -0.15) is 11.8 Å². The topological polar surface area (TPSA) is 20.2 Å². The van der Waals surface area contributed by atoms with Gasteiger partial charge in [0.05, 0.1) is 5.60 Å². The number of hydrogen-bond donors (Lipinski definition) is 1. The van der Waals surface area contributed by atoms with E-state index >= 15 is 0 Å². The van der Waals surface area contributed by atoms with Gasteiger partial charge in [0.2, 0.25) is 0 Å². The summed E-state index contributed by atoms with van der Waals surface area (Å²) >= 11 is 1.75. The van der Waals surface area contributed by atoms with E-state index in [0.29, 0.717) is 11.1 Å². The van der Waals surface area contributed by atoms with Gasteiger partial charge in [0, 0.05) is 5.75 Å². The Kier molecular flexibility index (Phi) is 2.77. The zero-order valence-electron chi connectivity index (χ0n) is 9.01. The Hall–Kier alpha value is -0.540. The molecule has 1 nitrogen and oxygen atoms in total. The first kappa shape index (κ1) is 11.0. The Morgan fingerprint density at radius 1 is 1.33 bits per heavy atom. The van der Waals surface area contributed by atoms with E-state index in [1.54, 1.807) is 37.7 Å². The SMILES string of the molecule is Cc1cc(C2(O)CCSC2)cc(C)c1F. The molecule has 0 aromatic heterocycles. The number of hydrogen-bond acceptors (Lipinski definition) is 2. The minimum absolute atomic E-state index is 0.159. The molecule has 0 amide bonds. The van der Waals surface area contributed by atoms with Crippen molar-refractivity contribution in [1.29, 1.82) is 0 Å². The molecule has 3 heteroatoms. The molecule has 2 rings (SSSR count). The molecule has 0 saturated carbocycles. The second-order valence-electron chi connectivity index (χ2n) is 4.26. The Labute approximate surface area is 93.7 Å². The van der Waals surface area contributed by atoms with Crippen molar-refractivity contribution in [3.63, 3.8) is 0 Å². The minimum atomic E-state index is -0.742. The van der Waals surface area contributed by atoms with Crippen LogP contribution in [0.4, 0.5) is 4.39 Å². The van der Waals surface area contributed by atoms with Crippen LogP contribution in [0.3, 0.4) is 0 Å². The molecular formula is C12H15FOS. The van der Waals surface area contributed by atoms with Gasteiger partial charge in [0.25, 0.3) is 0 Å². The van der Waals surface area contributed by atoms with E-state index in [-0.39, 0.29) is 5.82 Å². The van der Waals surface area contributed by atoms with Gasteiger partial charge in [0.15, 0.2) is 0 Å². The third-order valence-corrected chi connectivity index (χ3v) is 4.15. The zero-order chi connectivity index (χ0) is 11.1. The average Bonchev–Trinajstić information content (AvgIpc) is 2.62. The number of aliphatic hydroxyl groups is 1. The second kappa shape index (κ2) is 3.80. The summed E-state index contributed by atoms with van der Waals surface area (Å²) in [4.78, 5) is 0. The first-order valence-corrected chi connectivity index (χ1v) is 6.26. The van der Waals surface area contributed by atoms with Crippen LogP contribution >= 0.6 is 11.8 Å². The second-order valence-corrected chi connectivity index (χ2v) is 5.36. The lowest BCUT2D eigenvalue weighted by Crippen LogP contribution is -2.25. The largest absolute Gasteiger partial charge is 0.384 e. The maximum Gasteiger partial charge on any atom is 0.129 e. The van der Waals surface area contributed by atoms with E-state index in [4.69, 9.17) is 0 Å². The quantitative estimate of drug-likeness (QED) is 0.794. The fourth-order valence-electron chi connectivity index (χ4n) is 2.00. The molecular weight excluding hydrogens is 211 g/mol. The van der Waals surface area contributed by atoms with E-state index in [0.717, 1.165) is 23.5 Å². The lowest BCUT2D eigenvalue weighted by Gasteiger charge is -2.23. The normalized spacial score (nSPS) is 25.9. The summed E-state index contributed by atoms with van der Waals surface area (Å²) in [6, 6.07) is 3.54. The molecule has 1 aromatic rings. The predicted molar refractivity (Wildman–Crippen MR) is 61.7 cm³/mol. The molecule has 1 N–H and O–H groups in total. The first-order chi connectivity index (χ1) is 7.03. The molecule has 1 saturated heterocycles. The standard InChI is InChI=1S/C12H15FOS/c1-8-5-10(6-9(2)11(8)13)12(14)3-4-15-7-12/h5-6,14H,3-4,7H2,1-2H3. The Bertz CT molecular complexity index is 360. The summed E-state index contributed by atoms with van der Waals surface area (Å²) in [5, 5.41) is 10.4. The van der Waals surface area contributed by atoms with Gasteiger partial charge < -0.3 is 5.11 Å². The number of thioether (sulfide) groups is 1. The molecule has 82 valence electrons. The molecule has 1 heterocycles. The molecule has 1 aliphatic rings. The fourth-order valence-corrected chi connectivity index (χ4v) is 3.27. The van der Waals surface area contributed by atoms with Crippen LogP contribution in [-0.2, 0) is 5.60 Å². The van der Waals surface area contributed by atoms with Crippen molar-refractivity contribution >= 4 is 11.8 Å². The molecule has 1 aromatic carbocycles. The number of halogens is 1. The predicted octanol–water partition coefficient (Wildman–Crippen LogP) is 2.77. The van der Waals surface area contributed by atoms with Crippen LogP contribution in [0.25, 0.3) is 0 Å². The van der Waals surface area contributed by atoms with Crippen LogP contribution in [0.15, 0.2) is 12.1 Å². The van der Waals surface area contributed by atoms with Crippen LogP contribution < -0.4 is 0 Å². The summed E-state index contributed by atoms with van der Waals surface area (Å²) in [5.41, 5.74) is 1.36. The molecule has 0 spiro atoms. The summed E-state index contributed by atoms with van der Waals surface area (Å²) in [7, 11) is 0. The molecule has 0 bridgehead atoms. The minimum Gasteiger partial charge on any atom is -0.384 e. The average molecular weight is 226 g/mol. The van der Waals surface area contributed by atoms with Gasteiger partial charge in [-0.1, -0.05) is 12.1 Å². The van der Waals surface area contributed by atoms with Crippen molar-refractivity contribution in [2.45, 2.75) is 25.9 Å². The van der Waals surface area contributed by atoms with E-state index < -0.39 is 5.60 Å². The number of aryl methyl sites for hydroxylation is 2. The van der Waals surface area contributed by atoms with E-state index in [1.165, 1.54) is 0 Å². The molecule has 15 heavy (non-hydrogen) atoms. The summed E-state index contributed by atoms with van der Waals surface area (Å²) in [6.45, 7) is 3.49. The third kappa shape index (κ3) is 1.91. The van der Waals surface area contributed by atoms with Crippen LogP contribution in [0.1, 0.15) is 23.1 Å². The van der Waals surface area contributed by atoms with Gasteiger partial charge in [-0.15, -0.1) is 0 Å². The van der Waals surface area contributed by atoms with Gasteiger partial charge in [-0.05, 0) is 42.7 Å². The van der Waals surface area contributed by atoms with Gasteiger partial charge in [-0.25, -0.2) is 4.39 Å². The van der Waals surface area contributed by atoms with Crippen LogP contribution in [0.5, 0.6) is 0 Å². The van der Waals surface area contributed by atoms with Crippen LogP contribution in [-0.4, -0.2) is 16.6 Å². The first-order valence-electron chi connectivity index (χ1n) is 5.10. The smallest absolute Gasteiger partial charge is 0.129 e. The number of rotatable bonds is 1. The van der Waals surface area contributed by atoms with Crippen molar-refractivity contribution in [2.24, 2.45) is 0 Å². The van der Waals surface area contributed by atoms with Crippen molar-refractivity contribution in [1.82, 2.24) is 0 Å². The molecule has 1 aliphatic heterocycles. The highest BCUT2D eigenvalue weighted by Crippen LogP contribution is 2.37. The molecule has 0 radical (unpaired) electrons. The zero-order valence-corrected chi connectivity index (χ0v) is 9.83. The highest BCUT2D eigenvalue weighted by atomic mass is 32.2. The fraction of sp³-hybridized carbons (Fsp3) is 0.500. The lowest BCUT2D eigenvalue weighted by molar-refractivity contribution is 0.0656.